The molecule has 0 spiro atoms. The molecule has 0 aromatic carbocycles. The lowest BCUT2D eigenvalue weighted by Gasteiger charge is -2.40. The maximum atomic E-state index is 12.9. The van der Waals surface area contributed by atoms with Gasteiger partial charge in [-0.05, 0) is 64.2 Å². The van der Waals surface area contributed by atoms with E-state index in [2.05, 4.69) is 62.5 Å². The van der Waals surface area contributed by atoms with Crippen LogP contribution in [-0.2, 0) is 38.7 Å². The fraction of sp³-hybridized carbons (Fsp3) is 0.811. The van der Waals surface area contributed by atoms with Gasteiger partial charge in [-0.15, -0.1) is 0 Å². The van der Waals surface area contributed by atoms with Gasteiger partial charge in [0.2, 0.25) is 0 Å². The molecule has 1 aliphatic rings. The molecule has 1 heterocycles. The standard InChI is InChI=1S/C53H94O12S/c1-3-5-7-9-11-13-15-17-19-20-21-22-23-24-25-26-28-30-32-34-36-38-40-42-49(55)64-46(44-63-53-52(58)51(57)50(56)47(65-53)45-66(59,60)61)43-62-48(54)41-39-37-35-33-31-29-27-18-16-14-12-10-8-6-4-2/h6,8,12,14,18,27,34,36,46-47,50-53,56-58H,3-5,7,9-11,13,15-17,19-26,28-33,35,37-45H2,1-2H3,(H,59,60,61)/b8-6+,14-12+,27-18+,36-34+/t46-,47-,50-,51?,52?,53+/m1/s1. The Labute approximate surface area is 401 Å². The van der Waals surface area contributed by atoms with Crippen LogP contribution in [0.5, 0.6) is 0 Å². The van der Waals surface area contributed by atoms with Gasteiger partial charge in [0.05, 0.1) is 6.61 Å². The molecular weight excluding hydrogens is 861 g/mol. The molecule has 2 unspecified atom stereocenters. The molecule has 0 aromatic rings. The van der Waals surface area contributed by atoms with Crippen molar-refractivity contribution in [3.8, 4) is 0 Å². The van der Waals surface area contributed by atoms with E-state index in [1.807, 2.05) is 0 Å². The first kappa shape index (κ1) is 61.6. The van der Waals surface area contributed by atoms with E-state index >= 15 is 0 Å². The van der Waals surface area contributed by atoms with E-state index in [1.54, 1.807) is 0 Å². The average Bonchev–Trinajstić information content (AvgIpc) is 3.28. The Morgan fingerprint density at radius 1 is 0.530 bits per heavy atom. The molecule has 0 aliphatic carbocycles. The molecule has 13 heteroatoms. The molecule has 1 fully saturated rings. The third-order valence-corrected chi connectivity index (χ3v) is 12.6. The highest BCUT2D eigenvalue weighted by molar-refractivity contribution is 7.85. The molecule has 0 amide bonds. The number of hydrogen-bond donors (Lipinski definition) is 4. The largest absolute Gasteiger partial charge is 0.462 e. The number of esters is 2. The summed E-state index contributed by atoms with van der Waals surface area (Å²) in [7, 11) is -4.61. The Morgan fingerprint density at radius 3 is 1.48 bits per heavy atom. The second-order valence-electron chi connectivity index (χ2n) is 18.2. The van der Waals surface area contributed by atoms with Gasteiger partial charge in [0.1, 0.15) is 36.8 Å². The Hall–Kier alpha value is -2.39. The normalized spacial score (nSPS) is 19.8. The quantitative estimate of drug-likeness (QED) is 0.0196. The Morgan fingerprint density at radius 2 is 0.970 bits per heavy atom. The summed E-state index contributed by atoms with van der Waals surface area (Å²) in [4.78, 5) is 25.5. The lowest BCUT2D eigenvalue weighted by atomic mass is 10.00. The summed E-state index contributed by atoms with van der Waals surface area (Å²) in [6.07, 6.45) is 43.1. The van der Waals surface area contributed by atoms with Crippen molar-refractivity contribution in [3.05, 3.63) is 48.6 Å². The summed E-state index contributed by atoms with van der Waals surface area (Å²) in [5.74, 6) is -2.04. The number of rotatable bonds is 44. The van der Waals surface area contributed by atoms with E-state index in [4.69, 9.17) is 18.9 Å². The molecule has 0 saturated carbocycles. The number of unbranched alkanes of at least 4 members (excludes halogenated alkanes) is 24. The fourth-order valence-electron chi connectivity index (χ4n) is 7.87. The van der Waals surface area contributed by atoms with Gasteiger partial charge in [-0.25, -0.2) is 0 Å². The number of aliphatic hydroxyl groups is 3. The number of aliphatic hydroxyl groups excluding tert-OH is 3. The number of carbonyl (C=O) groups is 2. The molecule has 6 atom stereocenters. The van der Waals surface area contributed by atoms with Crippen LogP contribution in [0.2, 0.25) is 0 Å². The molecule has 1 rings (SSSR count). The summed E-state index contributed by atoms with van der Waals surface area (Å²) in [5.41, 5.74) is 0. The van der Waals surface area contributed by atoms with Crippen molar-refractivity contribution in [3.63, 3.8) is 0 Å². The van der Waals surface area contributed by atoms with Gasteiger partial charge in [-0.3, -0.25) is 14.1 Å². The monoisotopic (exact) mass is 955 g/mol. The lowest BCUT2D eigenvalue weighted by Crippen LogP contribution is -2.60. The predicted molar refractivity (Wildman–Crippen MR) is 266 cm³/mol. The molecule has 1 saturated heterocycles. The second-order valence-corrected chi connectivity index (χ2v) is 19.7. The minimum absolute atomic E-state index is 0.113. The van der Waals surface area contributed by atoms with Crippen LogP contribution in [0.25, 0.3) is 0 Å². The summed E-state index contributed by atoms with van der Waals surface area (Å²) in [5, 5.41) is 31.0. The highest BCUT2D eigenvalue weighted by Crippen LogP contribution is 2.24. The van der Waals surface area contributed by atoms with Gasteiger partial charge in [-0.1, -0.05) is 191 Å². The summed E-state index contributed by atoms with van der Waals surface area (Å²) in [6.45, 7) is 3.64. The fourth-order valence-corrected chi connectivity index (χ4v) is 8.56. The minimum Gasteiger partial charge on any atom is -0.462 e. The summed E-state index contributed by atoms with van der Waals surface area (Å²) < 4.78 is 54.2. The van der Waals surface area contributed by atoms with E-state index in [0.29, 0.717) is 19.3 Å². The Kier molecular flexibility index (Phi) is 39.9. The molecule has 12 nitrogen and oxygen atoms in total. The minimum atomic E-state index is -4.61. The molecule has 384 valence electrons. The zero-order valence-electron chi connectivity index (χ0n) is 41.3. The van der Waals surface area contributed by atoms with Crippen molar-refractivity contribution in [1.29, 1.82) is 0 Å². The maximum absolute atomic E-state index is 12.9. The van der Waals surface area contributed by atoms with E-state index in [9.17, 15) is 37.9 Å². The van der Waals surface area contributed by atoms with Gasteiger partial charge in [-0.2, -0.15) is 8.42 Å². The van der Waals surface area contributed by atoms with Crippen molar-refractivity contribution >= 4 is 22.1 Å². The summed E-state index contributed by atoms with van der Waals surface area (Å²) in [6, 6.07) is 0. The number of carbonyl (C=O) groups excluding carboxylic acids is 2. The molecule has 0 radical (unpaired) electrons. The first-order valence-corrected chi connectivity index (χ1v) is 27.8. The van der Waals surface area contributed by atoms with Gasteiger partial charge in [0, 0.05) is 12.8 Å². The third-order valence-electron chi connectivity index (χ3n) is 11.9. The van der Waals surface area contributed by atoms with Crippen LogP contribution < -0.4 is 0 Å². The maximum Gasteiger partial charge on any atom is 0.306 e. The van der Waals surface area contributed by atoms with Crippen molar-refractivity contribution in [2.45, 2.75) is 256 Å². The molecule has 0 bridgehead atoms. The van der Waals surface area contributed by atoms with Crippen molar-refractivity contribution < 1.29 is 56.8 Å². The molecule has 4 N–H and O–H groups in total. The second kappa shape index (κ2) is 42.7. The highest BCUT2D eigenvalue weighted by atomic mass is 32.2. The first-order chi connectivity index (χ1) is 32.0. The number of ether oxygens (including phenoxy) is 4. The van der Waals surface area contributed by atoms with Gasteiger partial charge in [0.15, 0.2) is 12.4 Å². The lowest BCUT2D eigenvalue weighted by molar-refractivity contribution is -0.297. The molecular formula is C53H94O12S. The first-order valence-electron chi connectivity index (χ1n) is 26.2. The van der Waals surface area contributed by atoms with E-state index in [0.717, 1.165) is 64.2 Å². The average molecular weight is 955 g/mol. The topological polar surface area (TPSA) is 186 Å². The third kappa shape index (κ3) is 36.6. The Bertz CT molecular complexity index is 1400. The van der Waals surface area contributed by atoms with Gasteiger partial charge < -0.3 is 34.3 Å². The number of allylic oxidation sites excluding steroid dienone is 8. The van der Waals surface area contributed by atoms with Crippen LogP contribution >= 0.6 is 0 Å². The van der Waals surface area contributed by atoms with Crippen molar-refractivity contribution in [2.24, 2.45) is 0 Å². The van der Waals surface area contributed by atoms with Gasteiger partial charge in [0.25, 0.3) is 10.1 Å². The van der Waals surface area contributed by atoms with E-state index in [1.165, 1.54) is 109 Å². The van der Waals surface area contributed by atoms with Crippen LogP contribution in [0.3, 0.4) is 0 Å². The zero-order valence-corrected chi connectivity index (χ0v) is 42.1. The molecule has 66 heavy (non-hydrogen) atoms. The predicted octanol–water partition coefficient (Wildman–Crippen LogP) is 11.9. The number of hydrogen-bond acceptors (Lipinski definition) is 11. The van der Waals surface area contributed by atoms with Crippen LogP contribution in [0.1, 0.15) is 219 Å². The van der Waals surface area contributed by atoms with Crippen molar-refractivity contribution in [2.75, 3.05) is 19.0 Å². The molecule has 1 aliphatic heterocycles. The molecule has 0 aromatic heterocycles. The smallest absolute Gasteiger partial charge is 0.306 e. The van der Waals surface area contributed by atoms with Crippen LogP contribution in [-0.4, -0.2) is 96.0 Å². The summed E-state index contributed by atoms with van der Waals surface area (Å²) >= 11 is 0. The Balaban J connectivity index is 2.37. The highest BCUT2D eigenvalue weighted by Gasteiger charge is 2.46. The van der Waals surface area contributed by atoms with Gasteiger partial charge >= 0.3 is 11.9 Å². The van der Waals surface area contributed by atoms with Crippen LogP contribution in [0, 0.1) is 0 Å². The SMILES string of the molecule is CC/C=C/C/C=C/C/C=C/CCCCCCCC(=O)OC[C@H](CO[C@H]1O[C@H](CS(=O)(=O)O)[C@@H](O)C(O)C1O)OC(=O)CCC/C=C/CCCCCCCCCCCCCCCCCCCC. The zero-order chi connectivity index (χ0) is 48.4. The van der Waals surface area contributed by atoms with Crippen molar-refractivity contribution in [1.82, 2.24) is 0 Å². The van der Waals surface area contributed by atoms with E-state index < -0.39 is 71.2 Å². The van der Waals surface area contributed by atoms with Crippen LogP contribution in [0.15, 0.2) is 48.6 Å². The van der Waals surface area contributed by atoms with Crippen LogP contribution in [0.4, 0.5) is 0 Å². The van der Waals surface area contributed by atoms with E-state index in [-0.39, 0.29) is 19.4 Å².